The van der Waals surface area contributed by atoms with Gasteiger partial charge < -0.3 is 4.74 Å². The van der Waals surface area contributed by atoms with Gasteiger partial charge in [-0.15, -0.1) is 13.2 Å². The monoisotopic (exact) mass is 170 g/mol. The van der Waals surface area contributed by atoms with Crippen molar-refractivity contribution >= 4 is 11.8 Å². The maximum Gasteiger partial charge on any atom is 0.575 e. The van der Waals surface area contributed by atoms with Crippen LogP contribution in [0.3, 0.4) is 0 Å². The minimum atomic E-state index is -5.07. The minimum absolute atomic E-state index is 0.297. The normalized spacial score (nSPS) is 10.9. The average Bonchev–Trinajstić information content (AvgIpc) is 1.82. The molecule has 0 aromatic heterocycles. The number of alkyl halides is 3. The van der Waals surface area contributed by atoms with Crippen LogP contribution in [0.1, 0.15) is 13.3 Å². The van der Waals surface area contributed by atoms with Crippen LogP contribution in [0.2, 0.25) is 0 Å². The van der Waals surface area contributed by atoms with Gasteiger partial charge in [-0.05, 0) is 0 Å². The number of rotatable bonds is 2. The molecule has 0 fully saturated rings. The Morgan fingerprint density at radius 1 is 1.36 bits per heavy atom. The van der Waals surface area contributed by atoms with Crippen molar-refractivity contribution in [1.82, 2.24) is 0 Å². The van der Waals surface area contributed by atoms with Crippen molar-refractivity contribution in [3.8, 4) is 0 Å². The third-order valence-corrected chi connectivity index (χ3v) is 0.757. The van der Waals surface area contributed by atoms with E-state index in [1.165, 1.54) is 6.92 Å². The number of Topliss-reactive ketones (excluding diaryl/α,β-unsaturated/α-hetero) is 1. The lowest BCUT2D eigenvalue weighted by Crippen LogP contribution is -2.25. The molecule has 0 atom stereocenters. The third kappa shape index (κ3) is 4.35. The molecule has 3 nitrogen and oxygen atoms in total. The van der Waals surface area contributed by atoms with Gasteiger partial charge in [0.2, 0.25) is 5.78 Å². The Kier molecular flexibility index (Phi) is 3.03. The van der Waals surface area contributed by atoms with Crippen LogP contribution >= 0.6 is 0 Å². The van der Waals surface area contributed by atoms with Crippen molar-refractivity contribution in [2.75, 3.05) is 0 Å². The molecular weight excluding hydrogens is 165 g/mol. The van der Waals surface area contributed by atoms with Crippen molar-refractivity contribution in [1.29, 1.82) is 0 Å². The third-order valence-electron chi connectivity index (χ3n) is 0.757. The second kappa shape index (κ2) is 3.36. The smallest absolute Gasteiger partial charge is 0.367 e. The fourth-order valence-corrected chi connectivity index (χ4v) is 0.306. The molecule has 0 spiro atoms. The van der Waals surface area contributed by atoms with Crippen molar-refractivity contribution in [3.05, 3.63) is 0 Å². The highest BCUT2D eigenvalue weighted by Gasteiger charge is 2.35. The molecule has 0 heterocycles. The van der Waals surface area contributed by atoms with E-state index in [0.29, 0.717) is 0 Å². The molecule has 0 aromatic rings. The van der Waals surface area contributed by atoms with Crippen LogP contribution in [-0.4, -0.2) is 18.1 Å². The van der Waals surface area contributed by atoms with Crippen LogP contribution in [0, 0.1) is 0 Å². The van der Waals surface area contributed by atoms with E-state index in [9.17, 15) is 22.8 Å². The fraction of sp³-hybridized carbons (Fsp3) is 0.600. The Balaban J connectivity index is 3.99. The zero-order valence-electron chi connectivity index (χ0n) is 5.57. The number of hydrogen-bond donors (Lipinski definition) is 0. The summed E-state index contributed by atoms with van der Waals surface area (Å²) in [5.74, 6) is -3.05. The summed E-state index contributed by atoms with van der Waals surface area (Å²) in [5, 5.41) is 0. The predicted octanol–water partition coefficient (Wildman–Crippen LogP) is 1.03. The van der Waals surface area contributed by atoms with E-state index in [2.05, 4.69) is 4.74 Å². The zero-order valence-corrected chi connectivity index (χ0v) is 5.57. The predicted molar refractivity (Wildman–Crippen MR) is 27.4 cm³/mol. The van der Waals surface area contributed by atoms with Gasteiger partial charge in [0.25, 0.3) is 0 Å². The second-order valence-electron chi connectivity index (χ2n) is 1.61. The minimum Gasteiger partial charge on any atom is -0.367 e. The summed E-state index contributed by atoms with van der Waals surface area (Å²) in [7, 11) is 0. The summed E-state index contributed by atoms with van der Waals surface area (Å²) in [6, 6.07) is 0. The highest BCUT2D eigenvalue weighted by Crippen LogP contribution is 2.16. The van der Waals surface area contributed by atoms with Crippen LogP contribution in [-0.2, 0) is 14.3 Å². The number of hydrogen-bond acceptors (Lipinski definition) is 3. The summed E-state index contributed by atoms with van der Waals surface area (Å²) < 4.78 is 36.4. The molecule has 0 N–H and O–H groups in total. The summed E-state index contributed by atoms with van der Waals surface area (Å²) in [4.78, 5) is 20.3. The Labute approximate surface area is 60.1 Å². The molecule has 0 unspecified atom stereocenters. The van der Waals surface area contributed by atoms with E-state index >= 15 is 0 Å². The van der Waals surface area contributed by atoms with Gasteiger partial charge in [-0.2, -0.15) is 0 Å². The van der Waals surface area contributed by atoms with Gasteiger partial charge in [0, 0.05) is 6.42 Å². The molecule has 6 heteroatoms. The van der Waals surface area contributed by atoms with Gasteiger partial charge >= 0.3 is 12.3 Å². The first kappa shape index (κ1) is 9.93. The summed E-state index contributed by atoms with van der Waals surface area (Å²) in [6.07, 6.45) is -5.36. The van der Waals surface area contributed by atoms with E-state index in [0.717, 1.165) is 0 Å². The highest BCUT2D eigenvalue weighted by atomic mass is 19.4. The van der Waals surface area contributed by atoms with Gasteiger partial charge in [-0.1, -0.05) is 6.92 Å². The van der Waals surface area contributed by atoms with Crippen LogP contribution in [0.4, 0.5) is 13.2 Å². The largest absolute Gasteiger partial charge is 0.575 e. The topological polar surface area (TPSA) is 43.4 Å². The molecule has 0 aliphatic heterocycles. The van der Waals surface area contributed by atoms with E-state index < -0.39 is 18.1 Å². The molecule has 0 bridgehead atoms. The van der Waals surface area contributed by atoms with Gasteiger partial charge in [0.1, 0.15) is 0 Å². The summed E-state index contributed by atoms with van der Waals surface area (Å²) in [6.45, 7) is 1.26. The molecular formula is C5H5F3O3. The maximum absolute atomic E-state index is 11.2. The number of esters is 1. The summed E-state index contributed by atoms with van der Waals surface area (Å²) in [5.41, 5.74) is 0. The lowest BCUT2D eigenvalue weighted by atomic mass is 10.3. The van der Waals surface area contributed by atoms with Gasteiger partial charge in [0.05, 0.1) is 0 Å². The Hall–Kier alpha value is -1.07. The molecule has 64 valence electrons. The second-order valence-corrected chi connectivity index (χ2v) is 1.61. The average molecular weight is 170 g/mol. The summed E-state index contributed by atoms with van der Waals surface area (Å²) >= 11 is 0. The molecule has 0 rings (SSSR count). The van der Waals surface area contributed by atoms with Crippen LogP contribution < -0.4 is 0 Å². The maximum atomic E-state index is 11.2. The molecule has 0 aromatic carbocycles. The number of ketones is 1. The first-order chi connectivity index (χ1) is 4.87. The van der Waals surface area contributed by atoms with Crippen molar-refractivity contribution < 1.29 is 27.5 Å². The lowest BCUT2D eigenvalue weighted by Gasteiger charge is -2.04. The first-order valence-electron chi connectivity index (χ1n) is 2.69. The quantitative estimate of drug-likeness (QED) is 0.459. The highest BCUT2D eigenvalue weighted by molar-refractivity contribution is 6.33. The van der Waals surface area contributed by atoms with Crippen LogP contribution in [0.25, 0.3) is 0 Å². The SMILES string of the molecule is CCC(=O)C(=O)OC(F)(F)F. The molecule has 11 heavy (non-hydrogen) atoms. The molecule has 0 radical (unpaired) electrons. The molecule has 0 aliphatic carbocycles. The Morgan fingerprint density at radius 3 is 2.09 bits per heavy atom. The molecule has 0 aliphatic rings. The van der Waals surface area contributed by atoms with E-state index in [-0.39, 0.29) is 6.42 Å². The van der Waals surface area contributed by atoms with Crippen LogP contribution in [0.5, 0.6) is 0 Å². The van der Waals surface area contributed by atoms with Crippen molar-refractivity contribution in [2.45, 2.75) is 19.7 Å². The van der Waals surface area contributed by atoms with Gasteiger partial charge in [0.15, 0.2) is 0 Å². The van der Waals surface area contributed by atoms with E-state index in [4.69, 9.17) is 0 Å². The number of ether oxygens (including phenoxy) is 1. The Morgan fingerprint density at radius 2 is 1.82 bits per heavy atom. The van der Waals surface area contributed by atoms with Gasteiger partial charge in [-0.25, -0.2) is 4.79 Å². The molecule has 0 amide bonds. The van der Waals surface area contributed by atoms with Gasteiger partial charge in [-0.3, -0.25) is 4.79 Å². The van der Waals surface area contributed by atoms with E-state index in [1.54, 1.807) is 0 Å². The van der Waals surface area contributed by atoms with E-state index in [1.807, 2.05) is 0 Å². The lowest BCUT2D eigenvalue weighted by molar-refractivity contribution is -0.303. The zero-order chi connectivity index (χ0) is 9.07. The van der Waals surface area contributed by atoms with Crippen molar-refractivity contribution in [2.24, 2.45) is 0 Å². The number of halogens is 3. The number of carbonyl (C=O) groups is 2. The van der Waals surface area contributed by atoms with Crippen molar-refractivity contribution in [3.63, 3.8) is 0 Å². The standard InChI is InChI=1S/C5H5F3O3/c1-2-3(9)4(10)11-5(6,7)8/h2H2,1H3. The van der Waals surface area contributed by atoms with Crippen LogP contribution in [0.15, 0.2) is 0 Å². The molecule has 0 saturated carbocycles. The number of carbonyl (C=O) groups excluding carboxylic acids is 2. The first-order valence-corrected chi connectivity index (χ1v) is 2.69. The Bertz CT molecular complexity index is 172. The fourth-order valence-electron chi connectivity index (χ4n) is 0.306. The molecule has 0 saturated heterocycles.